The molecule has 7 heteroatoms. The van der Waals surface area contributed by atoms with Crippen molar-refractivity contribution in [1.29, 1.82) is 0 Å². The number of fused-ring (bicyclic) bond motifs is 2. The monoisotopic (exact) mass is 374 g/mol. The molecule has 0 amide bonds. The molecule has 0 atom stereocenters. The van der Waals surface area contributed by atoms with Crippen LogP contribution in [0.2, 0.25) is 0 Å². The van der Waals surface area contributed by atoms with Crippen LogP contribution in [-0.4, -0.2) is 4.98 Å². The fourth-order valence-electron chi connectivity index (χ4n) is 2.95. The summed E-state index contributed by atoms with van der Waals surface area (Å²) in [6, 6.07) is 13.4. The minimum absolute atomic E-state index is 0.189. The molecule has 0 aliphatic carbocycles. The SMILES string of the molecule is Fc1ccc2cc3cccc(Nc4c(F)cccc4C(F)(F)F)c3nc2c1. The first-order chi connectivity index (χ1) is 12.8. The average Bonchev–Trinajstić information content (AvgIpc) is 2.61. The summed E-state index contributed by atoms with van der Waals surface area (Å²) in [4.78, 5) is 4.35. The lowest BCUT2D eigenvalue weighted by molar-refractivity contribution is -0.137. The topological polar surface area (TPSA) is 24.9 Å². The molecule has 1 heterocycles. The van der Waals surface area contributed by atoms with Gasteiger partial charge in [-0.1, -0.05) is 18.2 Å². The zero-order chi connectivity index (χ0) is 19.2. The molecule has 0 saturated carbocycles. The summed E-state index contributed by atoms with van der Waals surface area (Å²) in [5.41, 5.74) is -0.951. The maximum Gasteiger partial charge on any atom is 0.418 e. The van der Waals surface area contributed by atoms with Crippen molar-refractivity contribution in [2.45, 2.75) is 6.18 Å². The standard InChI is InChI=1S/C20H11F5N2/c21-13-8-7-11-9-12-3-1-6-16(18(12)27-17(11)10-13)26-19-14(20(23,24)25)4-2-5-15(19)22/h1-10,26H. The fourth-order valence-corrected chi connectivity index (χ4v) is 2.95. The zero-order valence-corrected chi connectivity index (χ0v) is 13.6. The molecule has 4 aromatic rings. The number of benzene rings is 3. The van der Waals surface area contributed by atoms with E-state index in [1.807, 2.05) is 0 Å². The van der Waals surface area contributed by atoms with Crippen molar-refractivity contribution in [1.82, 2.24) is 4.98 Å². The molecule has 0 unspecified atom stereocenters. The molecule has 1 aromatic heterocycles. The summed E-state index contributed by atoms with van der Waals surface area (Å²) >= 11 is 0. The second kappa shape index (κ2) is 6.19. The van der Waals surface area contributed by atoms with E-state index >= 15 is 0 Å². The van der Waals surface area contributed by atoms with Gasteiger partial charge in [-0.15, -0.1) is 0 Å². The van der Waals surface area contributed by atoms with E-state index in [-0.39, 0.29) is 5.69 Å². The average molecular weight is 374 g/mol. The van der Waals surface area contributed by atoms with Crippen LogP contribution in [0, 0.1) is 11.6 Å². The van der Waals surface area contributed by atoms with Gasteiger partial charge < -0.3 is 5.32 Å². The summed E-state index contributed by atoms with van der Waals surface area (Å²) in [6.07, 6.45) is -4.72. The molecule has 0 aliphatic rings. The molecule has 2 nitrogen and oxygen atoms in total. The van der Waals surface area contributed by atoms with E-state index in [0.717, 1.165) is 18.2 Å². The van der Waals surface area contributed by atoms with E-state index in [0.29, 0.717) is 21.8 Å². The van der Waals surface area contributed by atoms with Gasteiger partial charge in [0.2, 0.25) is 0 Å². The van der Waals surface area contributed by atoms with Crippen LogP contribution in [0.5, 0.6) is 0 Å². The van der Waals surface area contributed by atoms with E-state index in [9.17, 15) is 22.0 Å². The molecule has 0 aliphatic heterocycles. The Morgan fingerprint density at radius 1 is 0.815 bits per heavy atom. The van der Waals surface area contributed by atoms with Gasteiger partial charge in [-0.2, -0.15) is 13.2 Å². The Bertz CT molecular complexity index is 1170. The van der Waals surface area contributed by atoms with Gasteiger partial charge in [0.25, 0.3) is 0 Å². The van der Waals surface area contributed by atoms with E-state index in [4.69, 9.17) is 0 Å². The third-order valence-electron chi connectivity index (χ3n) is 4.18. The Morgan fingerprint density at radius 3 is 2.37 bits per heavy atom. The summed E-state index contributed by atoms with van der Waals surface area (Å²) in [6.45, 7) is 0. The normalized spacial score (nSPS) is 11.9. The first-order valence-corrected chi connectivity index (χ1v) is 7.95. The number of nitrogens with zero attached hydrogens (tertiary/aromatic N) is 1. The van der Waals surface area contributed by atoms with Gasteiger partial charge in [0, 0.05) is 16.8 Å². The zero-order valence-electron chi connectivity index (χ0n) is 13.6. The van der Waals surface area contributed by atoms with Gasteiger partial charge in [0.1, 0.15) is 11.6 Å². The number of aromatic nitrogens is 1. The van der Waals surface area contributed by atoms with Gasteiger partial charge in [-0.25, -0.2) is 13.8 Å². The van der Waals surface area contributed by atoms with Crippen LogP contribution in [0.15, 0.2) is 60.7 Å². The van der Waals surface area contributed by atoms with Gasteiger partial charge in [0.15, 0.2) is 0 Å². The number of anilines is 2. The number of hydrogen-bond donors (Lipinski definition) is 1. The summed E-state index contributed by atoms with van der Waals surface area (Å²) in [5.74, 6) is -1.51. The Kier molecular flexibility index (Phi) is 3.95. The predicted molar refractivity (Wildman–Crippen MR) is 93.9 cm³/mol. The molecule has 0 spiro atoms. The predicted octanol–water partition coefficient (Wildman–Crippen LogP) is 6.43. The quantitative estimate of drug-likeness (QED) is 0.323. The van der Waals surface area contributed by atoms with Crippen molar-refractivity contribution in [3.05, 3.63) is 77.9 Å². The van der Waals surface area contributed by atoms with Crippen LogP contribution in [0.3, 0.4) is 0 Å². The number of halogens is 5. The third kappa shape index (κ3) is 3.16. The molecule has 3 aromatic carbocycles. The highest BCUT2D eigenvalue weighted by Crippen LogP contribution is 2.38. The molecule has 136 valence electrons. The highest BCUT2D eigenvalue weighted by Gasteiger charge is 2.34. The summed E-state index contributed by atoms with van der Waals surface area (Å²) < 4.78 is 67.3. The molecule has 27 heavy (non-hydrogen) atoms. The number of nitrogens with one attached hydrogen (secondary N) is 1. The first kappa shape index (κ1) is 17.2. The second-order valence-electron chi connectivity index (χ2n) is 5.99. The third-order valence-corrected chi connectivity index (χ3v) is 4.18. The number of para-hydroxylation sites is 2. The largest absolute Gasteiger partial charge is 0.418 e. The van der Waals surface area contributed by atoms with Gasteiger partial charge >= 0.3 is 6.18 Å². The van der Waals surface area contributed by atoms with E-state index in [1.54, 1.807) is 24.3 Å². The van der Waals surface area contributed by atoms with Crippen molar-refractivity contribution in [2.75, 3.05) is 5.32 Å². The van der Waals surface area contributed by atoms with Crippen LogP contribution in [0.1, 0.15) is 5.56 Å². The van der Waals surface area contributed by atoms with E-state index in [2.05, 4.69) is 10.3 Å². The molecular weight excluding hydrogens is 363 g/mol. The second-order valence-corrected chi connectivity index (χ2v) is 5.99. The molecule has 0 fully saturated rings. The first-order valence-electron chi connectivity index (χ1n) is 7.95. The maximum absolute atomic E-state index is 14.1. The maximum atomic E-state index is 14.1. The van der Waals surface area contributed by atoms with Crippen LogP contribution < -0.4 is 5.32 Å². The number of hydrogen-bond acceptors (Lipinski definition) is 2. The molecular formula is C20H11F5N2. The summed E-state index contributed by atoms with van der Waals surface area (Å²) in [5, 5.41) is 3.83. The molecule has 0 bridgehead atoms. The minimum Gasteiger partial charge on any atom is -0.351 e. The van der Waals surface area contributed by atoms with Gasteiger partial charge in [0.05, 0.1) is 28.0 Å². The Balaban J connectivity index is 1.91. The number of rotatable bonds is 2. The minimum atomic E-state index is -4.72. The van der Waals surface area contributed by atoms with Crippen molar-refractivity contribution < 1.29 is 22.0 Å². The summed E-state index contributed by atoms with van der Waals surface area (Å²) in [7, 11) is 0. The van der Waals surface area contributed by atoms with E-state index in [1.165, 1.54) is 18.2 Å². The smallest absolute Gasteiger partial charge is 0.351 e. The highest BCUT2D eigenvalue weighted by atomic mass is 19.4. The van der Waals surface area contributed by atoms with Crippen molar-refractivity contribution in [2.24, 2.45) is 0 Å². The Hall–Kier alpha value is -3.22. The lowest BCUT2D eigenvalue weighted by atomic mass is 10.1. The van der Waals surface area contributed by atoms with Crippen molar-refractivity contribution in [3.8, 4) is 0 Å². The molecule has 1 N–H and O–H groups in total. The molecule has 4 rings (SSSR count). The van der Waals surface area contributed by atoms with Crippen LogP contribution in [-0.2, 0) is 6.18 Å². The van der Waals surface area contributed by atoms with Crippen molar-refractivity contribution >= 4 is 33.2 Å². The lowest BCUT2D eigenvalue weighted by Crippen LogP contribution is -2.10. The Labute approximate surface area is 150 Å². The highest BCUT2D eigenvalue weighted by molar-refractivity contribution is 5.99. The van der Waals surface area contributed by atoms with Gasteiger partial charge in [-0.05, 0) is 36.4 Å². The Morgan fingerprint density at radius 2 is 1.59 bits per heavy atom. The number of pyridine rings is 1. The molecule has 0 saturated heterocycles. The lowest BCUT2D eigenvalue weighted by Gasteiger charge is -2.16. The van der Waals surface area contributed by atoms with Crippen LogP contribution in [0.4, 0.5) is 33.3 Å². The number of alkyl halides is 3. The molecule has 0 radical (unpaired) electrons. The van der Waals surface area contributed by atoms with Gasteiger partial charge in [-0.3, -0.25) is 0 Å². The van der Waals surface area contributed by atoms with Crippen molar-refractivity contribution in [3.63, 3.8) is 0 Å². The fraction of sp³-hybridized carbons (Fsp3) is 0.0500. The van der Waals surface area contributed by atoms with Crippen LogP contribution >= 0.6 is 0 Å². The van der Waals surface area contributed by atoms with E-state index < -0.39 is 29.1 Å². The van der Waals surface area contributed by atoms with Crippen LogP contribution in [0.25, 0.3) is 21.8 Å².